The van der Waals surface area contributed by atoms with Gasteiger partial charge in [-0.1, -0.05) is 0 Å². The van der Waals surface area contributed by atoms with Crippen LogP contribution in [0, 0.1) is 0 Å². The maximum atomic E-state index is 12.1. The third-order valence-corrected chi connectivity index (χ3v) is 1.99. The molecule has 0 saturated carbocycles. The van der Waals surface area contributed by atoms with Crippen LogP contribution in [0.15, 0.2) is 6.20 Å². The first kappa shape index (κ1) is 7.61. The first-order valence-corrected chi connectivity index (χ1v) is 4.00. The molecule has 1 N–H and O–H groups in total. The van der Waals surface area contributed by atoms with Gasteiger partial charge in [-0.25, -0.2) is 14.4 Å². The van der Waals surface area contributed by atoms with Crippen molar-refractivity contribution in [2.24, 2.45) is 0 Å². The molecule has 1 aliphatic heterocycles. The molecule has 0 bridgehead atoms. The van der Waals surface area contributed by atoms with E-state index in [1.54, 1.807) is 6.20 Å². The monoisotopic (exact) mass is 167 g/mol. The minimum absolute atomic E-state index is 0.289. The molecule has 2 heterocycles. The smallest absolute Gasteiger partial charge is 0.159 e. The van der Waals surface area contributed by atoms with Gasteiger partial charge >= 0.3 is 0 Å². The zero-order valence-electron chi connectivity index (χ0n) is 6.68. The average Bonchev–Trinajstić information content (AvgIpc) is 2.17. The highest BCUT2D eigenvalue weighted by molar-refractivity contribution is 5.20. The van der Waals surface area contributed by atoms with Gasteiger partial charge in [0.1, 0.15) is 6.67 Å². The lowest BCUT2D eigenvalue weighted by atomic mass is 10.1. The van der Waals surface area contributed by atoms with Crippen molar-refractivity contribution in [2.45, 2.75) is 19.6 Å². The van der Waals surface area contributed by atoms with Crippen LogP contribution in [0.25, 0.3) is 0 Å². The van der Waals surface area contributed by atoms with Crippen LogP contribution in [0.3, 0.4) is 0 Å². The van der Waals surface area contributed by atoms with E-state index in [-0.39, 0.29) is 5.82 Å². The molecule has 0 aromatic carbocycles. The second kappa shape index (κ2) is 3.15. The fraction of sp³-hybridized carbons (Fsp3) is 0.500. The Kier molecular flexibility index (Phi) is 1.99. The quantitative estimate of drug-likeness (QED) is 0.665. The largest absolute Gasteiger partial charge is 0.311 e. The summed E-state index contributed by atoms with van der Waals surface area (Å²) in [5, 5.41) is 3.18. The molecule has 0 radical (unpaired) electrons. The average molecular weight is 167 g/mol. The van der Waals surface area contributed by atoms with Crippen LogP contribution >= 0.6 is 0 Å². The number of hydrogen-bond acceptors (Lipinski definition) is 3. The van der Waals surface area contributed by atoms with E-state index in [9.17, 15) is 4.39 Å². The van der Waals surface area contributed by atoms with Crippen molar-refractivity contribution in [3.63, 3.8) is 0 Å². The second-order valence-electron chi connectivity index (χ2n) is 2.82. The summed E-state index contributed by atoms with van der Waals surface area (Å²) in [4.78, 5) is 7.98. The van der Waals surface area contributed by atoms with Crippen molar-refractivity contribution in [2.75, 3.05) is 6.54 Å². The Morgan fingerprint density at radius 1 is 1.58 bits per heavy atom. The molecule has 1 aromatic heterocycles. The van der Waals surface area contributed by atoms with Crippen LogP contribution < -0.4 is 5.32 Å². The van der Waals surface area contributed by atoms with E-state index in [1.165, 1.54) is 0 Å². The molecule has 12 heavy (non-hydrogen) atoms. The van der Waals surface area contributed by atoms with E-state index in [0.717, 1.165) is 30.8 Å². The van der Waals surface area contributed by atoms with Crippen LogP contribution in [-0.2, 0) is 19.6 Å². The second-order valence-corrected chi connectivity index (χ2v) is 2.82. The van der Waals surface area contributed by atoms with Crippen LogP contribution in [0.1, 0.15) is 17.1 Å². The van der Waals surface area contributed by atoms with Gasteiger partial charge in [-0.15, -0.1) is 0 Å². The van der Waals surface area contributed by atoms with Gasteiger partial charge in [0.15, 0.2) is 5.82 Å². The summed E-state index contributed by atoms with van der Waals surface area (Å²) < 4.78 is 12.1. The predicted octanol–water partition coefficient (Wildman–Crippen LogP) is 0.592. The minimum Gasteiger partial charge on any atom is -0.311 e. The standard InChI is InChI=1S/C8H10FN3/c9-3-8-11-4-6-1-2-10-5-7(6)12-8/h4,10H,1-3,5H2. The highest BCUT2D eigenvalue weighted by Crippen LogP contribution is 2.10. The summed E-state index contributed by atoms with van der Waals surface area (Å²) in [5.41, 5.74) is 2.09. The number of alkyl halides is 1. The number of nitrogens with one attached hydrogen (secondary N) is 1. The Morgan fingerprint density at radius 2 is 2.50 bits per heavy atom. The van der Waals surface area contributed by atoms with Gasteiger partial charge in [0.2, 0.25) is 0 Å². The summed E-state index contributed by atoms with van der Waals surface area (Å²) in [5.74, 6) is 0.289. The summed E-state index contributed by atoms with van der Waals surface area (Å²) in [6, 6.07) is 0. The number of aromatic nitrogens is 2. The van der Waals surface area contributed by atoms with Crippen molar-refractivity contribution >= 4 is 0 Å². The van der Waals surface area contributed by atoms with Crippen LogP contribution in [-0.4, -0.2) is 16.5 Å². The zero-order chi connectivity index (χ0) is 8.39. The number of nitrogens with zero attached hydrogens (tertiary/aromatic N) is 2. The lowest BCUT2D eigenvalue weighted by molar-refractivity contribution is 0.461. The van der Waals surface area contributed by atoms with Gasteiger partial charge in [0, 0.05) is 12.7 Å². The van der Waals surface area contributed by atoms with E-state index < -0.39 is 6.67 Å². The van der Waals surface area contributed by atoms with Gasteiger partial charge < -0.3 is 5.32 Å². The van der Waals surface area contributed by atoms with Crippen molar-refractivity contribution in [3.8, 4) is 0 Å². The summed E-state index contributed by atoms with van der Waals surface area (Å²) in [6.45, 7) is 1.13. The highest BCUT2D eigenvalue weighted by atomic mass is 19.1. The lowest BCUT2D eigenvalue weighted by Crippen LogP contribution is -2.25. The Hall–Kier alpha value is -1.03. The van der Waals surface area contributed by atoms with Gasteiger partial charge in [0.05, 0.1) is 5.69 Å². The van der Waals surface area contributed by atoms with Crippen molar-refractivity contribution in [1.29, 1.82) is 0 Å². The first-order chi connectivity index (χ1) is 5.90. The van der Waals surface area contributed by atoms with Gasteiger partial charge in [-0.2, -0.15) is 0 Å². The molecule has 2 rings (SSSR count). The molecule has 1 aromatic rings. The molecule has 4 heteroatoms. The molecule has 0 unspecified atom stereocenters. The number of fused-ring (bicyclic) bond motifs is 1. The maximum Gasteiger partial charge on any atom is 0.159 e. The topological polar surface area (TPSA) is 37.8 Å². The minimum atomic E-state index is -0.576. The van der Waals surface area contributed by atoms with Crippen molar-refractivity contribution in [1.82, 2.24) is 15.3 Å². The molecule has 0 fully saturated rings. The summed E-state index contributed by atoms with van der Waals surface area (Å²) in [6.07, 6.45) is 2.68. The lowest BCUT2D eigenvalue weighted by Gasteiger charge is -2.15. The van der Waals surface area contributed by atoms with Crippen LogP contribution in [0.5, 0.6) is 0 Å². The number of rotatable bonds is 1. The normalized spacial score (nSPS) is 15.8. The molecule has 0 aliphatic carbocycles. The molecular weight excluding hydrogens is 157 g/mol. The predicted molar refractivity (Wildman–Crippen MR) is 42.3 cm³/mol. The Labute approximate surface area is 70.0 Å². The van der Waals surface area contributed by atoms with Crippen LogP contribution in [0.4, 0.5) is 4.39 Å². The molecule has 64 valence electrons. The Bertz CT molecular complexity index is 288. The third kappa shape index (κ3) is 1.30. The van der Waals surface area contributed by atoms with Crippen molar-refractivity contribution < 1.29 is 4.39 Å². The molecule has 1 aliphatic rings. The first-order valence-electron chi connectivity index (χ1n) is 4.00. The number of hydrogen-bond donors (Lipinski definition) is 1. The van der Waals surface area contributed by atoms with E-state index in [1.807, 2.05) is 0 Å². The summed E-state index contributed by atoms with van der Waals surface area (Å²) >= 11 is 0. The highest BCUT2D eigenvalue weighted by Gasteiger charge is 2.10. The van der Waals surface area contributed by atoms with Gasteiger partial charge in [-0.3, -0.25) is 0 Å². The van der Waals surface area contributed by atoms with Gasteiger partial charge in [0.25, 0.3) is 0 Å². The van der Waals surface area contributed by atoms with Crippen LogP contribution in [0.2, 0.25) is 0 Å². The van der Waals surface area contributed by atoms with Crippen molar-refractivity contribution in [3.05, 3.63) is 23.3 Å². The molecular formula is C8H10FN3. The van der Waals surface area contributed by atoms with Gasteiger partial charge in [-0.05, 0) is 18.5 Å². The molecule has 0 atom stereocenters. The summed E-state index contributed by atoms with van der Waals surface area (Å²) in [7, 11) is 0. The van der Waals surface area contributed by atoms with E-state index >= 15 is 0 Å². The Balaban J connectivity index is 2.36. The Morgan fingerprint density at radius 3 is 3.33 bits per heavy atom. The number of halogens is 1. The molecule has 0 saturated heterocycles. The molecule has 0 spiro atoms. The third-order valence-electron chi connectivity index (χ3n) is 1.99. The fourth-order valence-electron chi connectivity index (χ4n) is 1.34. The molecule has 3 nitrogen and oxygen atoms in total. The van der Waals surface area contributed by atoms with E-state index in [0.29, 0.717) is 0 Å². The van der Waals surface area contributed by atoms with E-state index in [2.05, 4.69) is 15.3 Å². The zero-order valence-corrected chi connectivity index (χ0v) is 6.68. The SMILES string of the molecule is FCc1ncc2c(n1)CNCC2. The fourth-order valence-corrected chi connectivity index (χ4v) is 1.34. The maximum absolute atomic E-state index is 12.1. The van der Waals surface area contributed by atoms with E-state index in [4.69, 9.17) is 0 Å². The molecule has 0 amide bonds.